The maximum Gasteiger partial charge on any atom is 0.344 e. The summed E-state index contributed by atoms with van der Waals surface area (Å²) < 4.78 is 11.4. The maximum absolute atomic E-state index is 13.3. The van der Waals surface area contributed by atoms with Crippen molar-refractivity contribution in [2.75, 3.05) is 5.32 Å². The molecule has 5 nitrogen and oxygen atoms in total. The zero-order chi connectivity index (χ0) is 23.5. The van der Waals surface area contributed by atoms with E-state index in [1.165, 1.54) is 0 Å². The van der Waals surface area contributed by atoms with Gasteiger partial charge in [-0.1, -0.05) is 66.2 Å². The van der Waals surface area contributed by atoms with E-state index in [1.54, 1.807) is 36.4 Å². The number of rotatable bonds is 5. The Hall–Kier alpha value is -4.64. The average Bonchev–Trinajstić information content (AvgIpc) is 2.86. The fourth-order valence-corrected chi connectivity index (χ4v) is 3.79. The summed E-state index contributed by atoms with van der Waals surface area (Å²) in [6.07, 6.45) is 0. The van der Waals surface area contributed by atoms with Crippen LogP contribution in [0.1, 0.15) is 16.1 Å². The number of hydrogen-bond acceptors (Lipinski definition) is 4. The van der Waals surface area contributed by atoms with Gasteiger partial charge in [-0.2, -0.15) is 0 Å². The summed E-state index contributed by atoms with van der Waals surface area (Å²) >= 11 is 0. The lowest BCUT2D eigenvalue weighted by Crippen LogP contribution is -2.16. The molecule has 5 rings (SSSR count). The minimum Gasteiger partial charge on any atom is -0.457 e. The minimum atomic E-state index is -0.553. The van der Waals surface area contributed by atoms with Crippen molar-refractivity contribution in [3.8, 4) is 22.6 Å². The lowest BCUT2D eigenvalue weighted by molar-refractivity contribution is 0.0994. The third-order valence-electron chi connectivity index (χ3n) is 5.48. The highest BCUT2D eigenvalue weighted by atomic mass is 16.5. The molecule has 1 aromatic heterocycles. The first kappa shape index (κ1) is 21.2. The summed E-state index contributed by atoms with van der Waals surface area (Å²) in [6.45, 7) is 1.99. The van der Waals surface area contributed by atoms with Crippen LogP contribution in [0.2, 0.25) is 0 Å². The number of carbonyl (C=O) groups excluding carboxylic acids is 1. The maximum atomic E-state index is 13.3. The number of benzene rings is 4. The Kier molecular flexibility index (Phi) is 5.67. The molecule has 5 aromatic rings. The zero-order valence-corrected chi connectivity index (χ0v) is 18.4. The largest absolute Gasteiger partial charge is 0.457 e. The highest BCUT2D eigenvalue weighted by Crippen LogP contribution is 2.32. The van der Waals surface area contributed by atoms with Crippen molar-refractivity contribution >= 4 is 22.4 Å². The van der Waals surface area contributed by atoms with Crippen LogP contribution in [0.15, 0.2) is 112 Å². The highest BCUT2D eigenvalue weighted by Gasteiger charge is 2.21. The van der Waals surface area contributed by atoms with Gasteiger partial charge in [0.1, 0.15) is 11.5 Å². The summed E-state index contributed by atoms with van der Waals surface area (Å²) in [5.74, 6) is 0.828. The molecule has 0 saturated heterocycles. The SMILES string of the molecule is Cc1ccc(-c2c(C(=O)Nc3ccc(Oc4ccccc4)cc3)oc(=O)c3ccccc23)cc1. The number of nitrogens with one attached hydrogen (secondary N) is 1. The highest BCUT2D eigenvalue weighted by molar-refractivity contribution is 6.11. The van der Waals surface area contributed by atoms with E-state index in [4.69, 9.17) is 9.15 Å². The first-order chi connectivity index (χ1) is 16.6. The van der Waals surface area contributed by atoms with Crippen molar-refractivity contribution < 1.29 is 13.9 Å². The second-order valence-electron chi connectivity index (χ2n) is 7.90. The Bertz CT molecular complexity index is 1520. The molecular formula is C29H21NO4. The Morgan fingerprint density at radius 1 is 0.735 bits per heavy atom. The smallest absolute Gasteiger partial charge is 0.344 e. The van der Waals surface area contributed by atoms with Gasteiger partial charge in [-0.3, -0.25) is 4.79 Å². The van der Waals surface area contributed by atoms with Crippen molar-refractivity contribution in [2.45, 2.75) is 6.92 Å². The molecule has 0 fully saturated rings. The van der Waals surface area contributed by atoms with Gasteiger partial charge >= 0.3 is 5.63 Å². The molecule has 1 heterocycles. The molecule has 0 unspecified atom stereocenters. The Morgan fingerprint density at radius 3 is 2.06 bits per heavy atom. The fourth-order valence-electron chi connectivity index (χ4n) is 3.79. The second kappa shape index (κ2) is 9.08. The van der Waals surface area contributed by atoms with Crippen LogP contribution in [0.4, 0.5) is 5.69 Å². The lowest BCUT2D eigenvalue weighted by atomic mass is 9.97. The van der Waals surface area contributed by atoms with Gasteiger partial charge < -0.3 is 14.5 Å². The third-order valence-corrected chi connectivity index (χ3v) is 5.48. The van der Waals surface area contributed by atoms with Gasteiger partial charge in [-0.15, -0.1) is 0 Å². The number of aryl methyl sites for hydroxylation is 1. The first-order valence-corrected chi connectivity index (χ1v) is 10.9. The van der Waals surface area contributed by atoms with E-state index in [9.17, 15) is 9.59 Å². The van der Waals surface area contributed by atoms with Crippen molar-refractivity contribution in [3.63, 3.8) is 0 Å². The second-order valence-corrected chi connectivity index (χ2v) is 7.90. The van der Waals surface area contributed by atoms with Gasteiger partial charge in [0.2, 0.25) is 5.76 Å². The van der Waals surface area contributed by atoms with Crippen LogP contribution in [-0.4, -0.2) is 5.91 Å². The molecular weight excluding hydrogens is 426 g/mol. The van der Waals surface area contributed by atoms with Gasteiger partial charge in [0, 0.05) is 16.6 Å². The molecule has 4 aromatic carbocycles. The van der Waals surface area contributed by atoms with Crippen LogP contribution in [0.3, 0.4) is 0 Å². The molecule has 0 atom stereocenters. The van der Waals surface area contributed by atoms with Crippen LogP contribution in [0.25, 0.3) is 21.9 Å². The number of carbonyl (C=O) groups is 1. The van der Waals surface area contributed by atoms with Crippen LogP contribution >= 0.6 is 0 Å². The molecule has 0 radical (unpaired) electrons. The van der Waals surface area contributed by atoms with Gasteiger partial charge in [0.25, 0.3) is 5.91 Å². The molecule has 0 bridgehead atoms. The summed E-state index contributed by atoms with van der Waals surface area (Å²) in [6, 6.07) is 31.3. The monoisotopic (exact) mass is 447 g/mol. The quantitative estimate of drug-likeness (QED) is 0.321. The van der Waals surface area contributed by atoms with E-state index < -0.39 is 11.5 Å². The molecule has 34 heavy (non-hydrogen) atoms. The van der Waals surface area contributed by atoms with Crippen LogP contribution in [-0.2, 0) is 0 Å². The Morgan fingerprint density at radius 2 is 1.35 bits per heavy atom. The Labute approximate surface area is 196 Å². The Balaban J connectivity index is 1.49. The average molecular weight is 447 g/mol. The topological polar surface area (TPSA) is 68.5 Å². The van der Waals surface area contributed by atoms with Crippen molar-refractivity contribution in [1.29, 1.82) is 0 Å². The van der Waals surface area contributed by atoms with Crippen molar-refractivity contribution in [3.05, 3.63) is 125 Å². The normalized spacial score (nSPS) is 10.7. The predicted octanol–water partition coefficient (Wildman–Crippen LogP) is 6.81. The molecule has 1 N–H and O–H groups in total. The first-order valence-electron chi connectivity index (χ1n) is 10.9. The molecule has 0 aliphatic carbocycles. The summed E-state index contributed by atoms with van der Waals surface area (Å²) in [5, 5.41) is 3.93. The molecule has 0 spiro atoms. The van der Waals surface area contributed by atoms with E-state index >= 15 is 0 Å². The van der Waals surface area contributed by atoms with Gasteiger partial charge in [0.05, 0.1) is 5.39 Å². The number of hydrogen-bond donors (Lipinski definition) is 1. The van der Waals surface area contributed by atoms with Crippen LogP contribution in [0, 0.1) is 6.92 Å². The number of ether oxygens (including phenoxy) is 1. The van der Waals surface area contributed by atoms with E-state index in [0.717, 1.165) is 16.9 Å². The third kappa shape index (κ3) is 4.32. The van der Waals surface area contributed by atoms with Gasteiger partial charge in [-0.25, -0.2) is 4.79 Å². The summed E-state index contributed by atoms with van der Waals surface area (Å²) in [5.41, 5.74) is 2.47. The lowest BCUT2D eigenvalue weighted by Gasteiger charge is -2.13. The molecule has 1 amide bonds. The van der Waals surface area contributed by atoms with Crippen molar-refractivity contribution in [1.82, 2.24) is 0 Å². The molecule has 0 aliphatic heterocycles. The number of anilines is 1. The molecule has 166 valence electrons. The van der Waals surface area contributed by atoms with Gasteiger partial charge in [0.15, 0.2) is 0 Å². The molecule has 0 saturated carbocycles. The predicted molar refractivity (Wildman–Crippen MR) is 134 cm³/mol. The van der Waals surface area contributed by atoms with Gasteiger partial charge in [-0.05, 0) is 55.0 Å². The van der Waals surface area contributed by atoms with E-state index in [2.05, 4.69) is 5.32 Å². The fraction of sp³-hybridized carbons (Fsp3) is 0.0345. The minimum absolute atomic E-state index is 0.0304. The number of fused-ring (bicyclic) bond motifs is 1. The van der Waals surface area contributed by atoms with Crippen LogP contribution < -0.4 is 15.7 Å². The standard InChI is InChI=1S/C29H21NO4/c1-19-11-13-20(14-12-19)26-24-9-5-6-10-25(24)29(32)34-27(26)28(31)30-21-15-17-23(18-16-21)33-22-7-3-2-4-8-22/h2-18H,1H3,(H,30,31). The van der Waals surface area contributed by atoms with E-state index in [1.807, 2.05) is 73.7 Å². The number of amides is 1. The summed E-state index contributed by atoms with van der Waals surface area (Å²) in [7, 11) is 0. The van der Waals surface area contributed by atoms with Crippen molar-refractivity contribution in [2.24, 2.45) is 0 Å². The van der Waals surface area contributed by atoms with E-state index in [-0.39, 0.29) is 5.76 Å². The number of para-hydroxylation sites is 1. The molecule has 5 heteroatoms. The van der Waals surface area contributed by atoms with E-state index in [0.29, 0.717) is 27.8 Å². The summed E-state index contributed by atoms with van der Waals surface area (Å²) in [4.78, 5) is 25.9. The van der Waals surface area contributed by atoms with Crippen LogP contribution in [0.5, 0.6) is 11.5 Å². The zero-order valence-electron chi connectivity index (χ0n) is 18.4. The molecule has 0 aliphatic rings.